The van der Waals surface area contributed by atoms with Gasteiger partial charge in [-0.1, -0.05) is 26.0 Å². The molecule has 102 valence electrons. The SMILES string of the molecule is C=C.CC.Cc1cc(F)ccc1-c1cccnc1C. The second kappa shape index (κ2) is 9.03. The van der Waals surface area contributed by atoms with Crippen LogP contribution in [0.3, 0.4) is 0 Å². The number of aryl methyl sites for hydroxylation is 2. The summed E-state index contributed by atoms with van der Waals surface area (Å²) >= 11 is 0. The fourth-order valence-corrected chi connectivity index (χ4v) is 1.70. The lowest BCUT2D eigenvalue weighted by Gasteiger charge is -2.08. The molecular formula is C17H22FN. The molecule has 0 N–H and O–H groups in total. The maximum atomic E-state index is 12.9. The molecule has 0 atom stereocenters. The summed E-state index contributed by atoms with van der Waals surface area (Å²) in [6.07, 6.45) is 1.76. The Bertz CT molecular complexity index is 506. The molecule has 1 aromatic carbocycles. The Balaban J connectivity index is 0.000000741. The summed E-state index contributed by atoms with van der Waals surface area (Å²) < 4.78 is 12.9. The fraction of sp³-hybridized carbons (Fsp3) is 0.235. The Morgan fingerprint density at radius 3 is 2.16 bits per heavy atom. The maximum Gasteiger partial charge on any atom is 0.123 e. The van der Waals surface area contributed by atoms with Crippen molar-refractivity contribution in [2.45, 2.75) is 27.7 Å². The van der Waals surface area contributed by atoms with Crippen LogP contribution < -0.4 is 0 Å². The monoisotopic (exact) mass is 259 g/mol. The van der Waals surface area contributed by atoms with Gasteiger partial charge in [-0.2, -0.15) is 0 Å². The van der Waals surface area contributed by atoms with E-state index in [-0.39, 0.29) is 5.82 Å². The molecule has 0 aliphatic carbocycles. The van der Waals surface area contributed by atoms with Crippen LogP contribution >= 0.6 is 0 Å². The normalized spacial score (nSPS) is 8.68. The smallest absolute Gasteiger partial charge is 0.123 e. The molecule has 2 rings (SSSR count). The minimum atomic E-state index is -0.196. The number of benzene rings is 1. The molecule has 0 amide bonds. The first-order valence-electron chi connectivity index (χ1n) is 6.36. The highest BCUT2D eigenvalue weighted by Crippen LogP contribution is 2.25. The molecule has 0 aliphatic heterocycles. The number of aromatic nitrogens is 1. The molecule has 0 bridgehead atoms. The van der Waals surface area contributed by atoms with E-state index in [2.05, 4.69) is 18.1 Å². The van der Waals surface area contributed by atoms with E-state index >= 15 is 0 Å². The van der Waals surface area contributed by atoms with Crippen LogP contribution in [0.2, 0.25) is 0 Å². The largest absolute Gasteiger partial charge is 0.261 e. The molecule has 0 aliphatic rings. The standard InChI is InChI=1S/C13H12FN.C2H6.C2H4/c1-9-8-11(14)5-6-12(9)13-4-3-7-15-10(13)2;2*1-2/h3-8H,1-2H3;1-2H3;1-2H2. The van der Waals surface area contributed by atoms with Gasteiger partial charge in [0.1, 0.15) is 5.82 Å². The first-order chi connectivity index (χ1) is 9.18. The van der Waals surface area contributed by atoms with E-state index < -0.39 is 0 Å². The van der Waals surface area contributed by atoms with E-state index in [0.29, 0.717) is 0 Å². The van der Waals surface area contributed by atoms with Gasteiger partial charge < -0.3 is 0 Å². The van der Waals surface area contributed by atoms with Crippen molar-refractivity contribution >= 4 is 0 Å². The maximum absolute atomic E-state index is 12.9. The summed E-state index contributed by atoms with van der Waals surface area (Å²) in [7, 11) is 0. The van der Waals surface area contributed by atoms with E-state index in [0.717, 1.165) is 22.4 Å². The first-order valence-corrected chi connectivity index (χ1v) is 6.36. The Morgan fingerprint density at radius 2 is 1.63 bits per heavy atom. The average molecular weight is 259 g/mol. The molecule has 1 heterocycles. The van der Waals surface area contributed by atoms with Crippen molar-refractivity contribution in [1.29, 1.82) is 0 Å². The molecule has 0 radical (unpaired) electrons. The number of nitrogens with zero attached hydrogens (tertiary/aromatic N) is 1. The molecule has 2 heteroatoms. The quantitative estimate of drug-likeness (QED) is 0.630. The zero-order chi connectivity index (χ0) is 14.8. The number of hydrogen-bond acceptors (Lipinski definition) is 1. The third-order valence-corrected chi connectivity index (χ3v) is 2.49. The third-order valence-electron chi connectivity index (χ3n) is 2.49. The molecule has 0 fully saturated rings. The summed E-state index contributed by atoms with van der Waals surface area (Å²) in [4.78, 5) is 4.23. The third kappa shape index (κ3) is 4.66. The molecule has 1 aromatic heterocycles. The Labute approximate surface area is 115 Å². The molecule has 0 unspecified atom stereocenters. The van der Waals surface area contributed by atoms with Gasteiger partial charge in [-0.05, 0) is 43.2 Å². The molecule has 1 nitrogen and oxygen atoms in total. The second-order valence-electron chi connectivity index (χ2n) is 3.60. The van der Waals surface area contributed by atoms with Crippen molar-refractivity contribution < 1.29 is 4.39 Å². The predicted molar refractivity (Wildman–Crippen MR) is 81.7 cm³/mol. The van der Waals surface area contributed by atoms with E-state index in [4.69, 9.17) is 0 Å². The van der Waals surface area contributed by atoms with Gasteiger partial charge in [-0.15, -0.1) is 13.2 Å². The zero-order valence-corrected chi connectivity index (χ0v) is 12.2. The second-order valence-corrected chi connectivity index (χ2v) is 3.60. The van der Waals surface area contributed by atoms with E-state index in [1.807, 2.05) is 39.8 Å². The number of halogens is 1. The van der Waals surface area contributed by atoms with Crippen LogP contribution in [0.1, 0.15) is 25.1 Å². The first kappa shape index (κ1) is 17.0. The van der Waals surface area contributed by atoms with Gasteiger partial charge in [0.25, 0.3) is 0 Å². The molecule has 19 heavy (non-hydrogen) atoms. The highest BCUT2D eigenvalue weighted by molar-refractivity contribution is 5.68. The van der Waals surface area contributed by atoms with Gasteiger partial charge in [0.2, 0.25) is 0 Å². The lowest BCUT2D eigenvalue weighted by Crippen LogP contribution is -1.90. The number of pyridine rings is 1. The molecule has 0 saturated heterocycles. The van der Waals surface area contributed by atoms with Crippen molar-refractivity contribution in [2.24, 2.45) is 0 Å². The van der Waals surface area contributed by atoms with Crippen molar-refractivity contribution in [3.05, 3.63) is 66.8 Å². The Morgan fingerprint density at radius 1 is 1.00 bits per heavy atom. The van der Waals surface area contributed by atoms with Crippen LogP contribution in [-0.4, -0.2) is 4.98 Å². The van der Waals surface area contributed by atoms with Crippen molar-refractivity contribution in [3.8, 4) is 11.1 Å². The van der Waals surface area contributed by atoms with Crippen LogP contribution in [0.5, 0.6) is 0 Å². The van der Waals surface area contributed by atoms with Crippen LogP contribution in [0.25, 0.3) is 11.1 Å². The van der Waals surface area contributed by atoms with Crippen molar-refractivity contribution in [1.82, 2.24) is 4.98 Å². The van der Waals surface area contributed by atoms with Crippen molar-refractivity contribution in [3.63, 3.8) is 0 Å². The highest BCUT2D eigenvalue weighted by Gasteiger charge is 2.05. The summed E-state index contributed by atoms with van der Waals surface area (Å²) in [6.45, 7) is 13.9. The molecular weight excluding hydrogens is 237 g/mol. The van der Waals surface area contributed by atoms with E-state index in [1.54, 1.807) is 18.3 Å². The van der Waals surface area contributed by atoms with Gasteiger partial charge in [0.15, 0.2) is 0 Å². The predicted octanol–water partition coefficient (Wildman–Crippen LogP) is 5.33. The summed E-state index contributed by atoms with van der Waals surface area (Å²) in [5, 5.41) is 0. The Hall–Kier alpha value is -1.96. The van der Waals surface area contributed by atoms with Gasteiger partial charge >= 0.3 is 0 Å². The summed E-state index contributed by atoms with van der Waals surface area (Å²) in [6, 6.07) is 8.72. The van der Waals surface area contributed by atoms with E-state index in [9.17, 15) is 4.39 Å². The number of hydrogen-bond donors (Lipinski definition) is 0. The summed E-state index contributed by atoms with van der Waals surface area (Å²) in [5.41, 5.74) is 4.01. The van der Waals surface area contributed by atoms with Gasteiger partial charge in [0.05, 0.1) is 0 Å². The van der Waals surface area contributed by atoms with Crippen LogP contribution in [-0.2, 0) is 0 Å². The fourth-order valence-electron chi connectivity index (χ4n) is 1.70. The van der Waals surface area contributed by atoms with Crippen LogP contribution in [0.4, 0.5) is 4.39 Å². The molecule has 0 saturated carbocycles. The lowest BCUT2D eigenvalue weighted by molar-refractivity contribution is 0.627. The average Bonchev–Trinajstić information content (AvgIpc) is 2.45. The Kier molecular flexibility index (Phi) is 8.10. The van der Waals surface area contributed by atoms with Crippen molar-refractivity contribution in [2.75, 3.05) is 0 Å². The highest BCUT2D eigenvalue weighted by atomic mass is 19.1. The molecule has 0 spiro atoms. The van der Waals surface area contributed by atoms with Gasteiger partial charge in [-0.3, -0.25) is 4.98 Å². The summed E-state index contributed by atoms with van der Waals surface area (Å²) in [5.74, 6) is -0.196. The lowest BCUT2D eigenvalue weighted by atomic mass is 10.00. The van der Waals surface area contributed by atoms with Crippen LogP contribution in [0.15, 0.2) is 49.7 Å². The molecule has 2 aromatic rings. The minimum Gasteiger partial charge on any atom is -0.261 e. The van der Waals surface area contributed by atoms with Gasteiger partial charge in [0, 0.05) is 17.5 Å². The zero-order valence-electron chi connectivity index (χ0n) is 12.2. The topological polar surface area (TPSA) is 12.9 Å². The van der Waals surface area contributed by atoms with E-state index in [1.165, 1.54) is 6.07 Å². The number of rotatable bonds is 1. The van der Waals surface area contributed by atoms with Gasteiger partial charge in [-0.25, -0.2) is 4.39 Å². The minimum absolute atomic E-state index is 0.196. The van der Waals surface area contributed by atoms with Crippen LogP contribution in [0, 0.1) is 19.7 Å².